The Bertz CT molecular complexity index is 630. The van der Waals surface area contributed by atoms with Crippen LogP contribution in [0.25, 0.3) is 11.0 Å². The number of carbonyl (C=O) groups is 1. The van der Waals surface area contributed by atoms with E-state index in [1.807, 2.05) is 12.1 Å². The quantitative estimate of drug-likeness (QED) is 0.853. The molecule has 0 bridgehead atoms. The molecule has 4 nitrogen and oxygen atoms in total. The second kappa shape index (κ2) is 5.13. The lowest BCUT2D eigenvalue weighted by Crippen LogP contribution is -2.36. The zero-order chi connectivity index (χ0) is 13.4. The van der Waals surface area contributed by atoms with Gasteiger partial charge in [-0.05, 0) is 24.6 Å². The summed E-state index contributed by atoms with van der Waals surface area (Å²) in [6.07, 6.45) is 1.38. The van der Waals surface area contributed by atoms with Crippen LogP contribution < -0.4 is 5.32 Å². The van der Waals surface area contributed by atoms with Gasteiger partial charge in [0, 0.05) is 17.4 Å². The summed E-state index contributed by atoms with van der Waals surface area (Å²) in [5.41, 5.74) is 2.00. The number of carbonyl (C=O) groups excluding carboxylic acids is 1. The summed E-state index contributed by atoms with van der Waals surface area (Å²) in [7, 11) is 0. The van der Waals surface area contributed by atoms with Gasteiger partial charge in [0.15, 0.2) is 0 Å². The summed E-state index contributed by atoms with van der Waals surface area (Å²) in [5, 5.41) is 2.91. The highest BCUT2D eigenvalue weighted by Gasteiger charge is 2.23. The van der Waals surface area contributed by atoms with Crippen molar-refractivity contribution in [3.8, 4) is 0 Å². The highest BCUT2D eigenvalue weighted by atomic mass is 79.9. The molecule has 3 rings (SSSR count). The number of halogens is 2. The summed E-state index contributed by atoms with van der Waals surface area (Å²) in [6, 6.07) is 6.23. The number of aromatic nitrogens is 2. The molecule has 0 aliphatic carbocycles. The lowest BCUT2D eigenvalue weighted by atomic mass is 10.1. The molecule has 1 N–H and O–H groups in total. The third-order valence-corrected chi connectivity index (χ3v) is 4.18. The largest absolute Gasteiger partial charge is 0.354 e. The second-order valence-corrected chi connectivity index (χ2v) is 5.84. The maximum atomic E-state index is 11.3. The van der Waals surface area contributed by atoms with Crippen LogP contribution in [0.4, 0.5) is 0 Å². The van der Waals surface area contributed by atoms with Gasteiger partial charge >= 0.3 is 0 Å². The highest BCUT2D eigenvalue weighted by Crippen LogP contribution is 2.28. The van der Waals surface area contributed by atoms with Gasteiger partial charge in [-0.3, -0.25) is 4.79 Å². The average molecular weight is 343 g/mol. The normalized spacial score (nSPS) is 19.7. The van der Waals surface area contributed by atoms with Gasteiger partial charge in [-0.1, -0.05) is 15.9 Å². The van der Waals surface area contributed by atoms with Crippen LogP contribution in [0.5, 0.6) is 0 Å². The minimum Gasteiger partial charge on any atom is -0.354 e. The number of amides is 1. The predicted octanol–water partition coefficient (Wildman–Crippen LogP) is 2.99. The van der Waals surface area contributed by atoms with Crippen molar-refractivity contribution < 1.29 is 4.79 Å². The minimum absolute atomic E-state index is 0.120. The molecule has 1 aliphatic rings. The molecule has 0 saturated carbocycles. The van der Waals surface area contributed by atoms with E-state index in [2.05, 4.69) is 36.9 Å². The first-order valence-corrected chi connectivity index (χ1v) is 7.51. The Hall–Kier alpha value is -1.07. The van der Waals surface area contributed by atoms with Crippen molar-refractivity contribution >= 4 is 44.5 Å². The maximum Gasteiger partial charge on any atom is 0.220 e. The number of imidazole rings is 1. The fraction of sp³-hybridized carbons (Fsp3) is 0.385. The van der Waals surface area contributed by atoms with Crippen molar-refractivity contribution in [2.45, 2.75) is 24.8 Å². The van der Waals surface area contributed by atoms with Crippen molar-refractivity contribution in [2.24, 2.45) is 0 Å². The molecule has 100 valence electrons. The molecule has 1 amide bonds. The summed E-state index contributed by atoms with van der Waals surface area (Å²) in [4.78, 5) is 15.8. The zero-order valence-electron chi connectivity index (χ0n) is 10.2. The van der Waals surface area contributed by atoms with Gasteiger partial charge in [0.25, 0.3) is 0 Å². The standard InChI is InChI=1S/C13H13BrClN3O/c14-8-1-3-10-11(5-8)18(12(6-15)17-10)9-2-4-13(19)16-7-9/h1,3,5,9H,2,4,6-7H2,(H,16,19). The van der Waals surface area contributed by atoms with Crippen molar-refractivity contribution in [3.63, 3.8) is 0 Å². The number of rotatable bonds is 2. The number of nitrogens with zero attached hydrogens (tertiary/aromatic N) is 2. The van der Waals surface area contributed by atoms with Crippen LogP contribution in [0.2, 0.25) is 0 Å². The molecule has 1 saturated heterocycles. The van der Waals surface area contributed by atoms with Crippen LogP contribution in [0.1, 0.15) is 24.7 Å². The molecule has 19 heavy (non-hydrogen) atoms. The topological polar surface area (TPSA) is 46.9 Å². The summed E-state index contributed by atoms with van der Waals surface area (Å²) in [6.45, 7) is 0.640. The number of piperidine rings is 1. The van der Waals surface area contributed by atoms with E-state index in [0.29, 0.717) is 18.8 Å². The number of hydrogen-bond acceptors (Lipinski definition) is 2. The number of benzene rings is 1. The highest BCUT2D eigenvalue weighted by molar-refractivity contribution is 9.10. The van der Waals surface area contributed by atoms with E-state index in [-0.39, 0.29) is 11.9 Å². The Morgan fingerprint density at radius 2 is 2.37 bits per heavy atom. The summed E-state index contributed by atoms with van der Waals surface area (Å²) >= 11 is 9.50. The fourth-order valence-electron chi connectivity index (χ4n) is 2.56. The van der Waals surface area contributed by atoms with Gasteiger partial charge in [-0.25, -0.2) is 4.98 Å². The van der Waals surface area contributed by atoms with Gasteiger partial charge in [-0.15, -0.1) is 11.6 Å². The third-order valence-electron chi connectivity index (χ3n) is 3.45. The van der Waals surface area contributed by atoms with E-state index in [4.69, 9.17) is 11.6 Å². The van der Waals surface area contributed by atoms with Crippen molar-refractivity contribution in [2.75, 3.05) is 6.54 Å². The molecular formula is C13H13BrClN3O. The molecule has 2 heterocycles. The van der Waals surface area contributed by atoms with Gasteiger partial charge in [0.1, 0.15) is 5.82 Å². The molecule has 1 fully saturated rings. The maximum absolute atomic E-state index is 11.3. The van der Waals surface area contributed by atoms with Crippen LogP contribution in [-0.2, 0) is 10.7 Å². The van der Waals surface area contributed by atoms with Crippen LogP contribution in [-0.4, -0.2) is 22.0 Å². The Labute approximate surface area is 124 Å². The number of fused-ring (bicyclic) bond motifs is 1. The molecule has 0 radical (unpaired) electrons. The van der Waals surface area contributed by atoms with Crippen LogP contribution >= 0.6 is 27.5 Å². The molecular weight excluding hydrogens is 330 g/mol. The van der Waals surface area contributed by atoms with Crippen molar-refractivity contribution in [1.82, 2.24) is 14.9 Å². The monoisotopic (exact) mass is 341 g/mol. The molecule has 2 aromatic rings. The first-order valence-electron chi connectivity index (χ1n) is 6.18. The second-order valence-electron chi connectivity index (χ2n) is 4.66. The Kier molecular flexibility index (Phi) is 3.50. The zero-order valence-corrected chi connectivity index (χ0v) is 12.5. The van der Waals surface area contributed by atoms with Crippen LogP contribution in [0.3, 0.4) is 0 Å². The lowest BCUT2D eigenvalue weighted by molar-refractivity contribution is -0.122. The Balaban J connectivity index is 2.09. The fourth-order valence-corrected chi connectivity index (χ4v) is 3.10. The Morgan fingerprint density at radius 1 is 1.53 bits per heavy atom. The average Bonchev–Trinajstić information content (AvgIpc) is 2.77. The smallest absolute Gasteiger partial charge is 0.220 e. The molecule has 6 heteroatoms. The SMILES string of the molecule is O=C1CCC(n2c(CCl)nc3ccc(Br)cc32)CN1. The predicted molar refractivity (Wildman–Crippen MR) is 78.3 cm³/mol. The molecule has 0 spiro atoms. The first-order chi connectivity index (χ1) is 9.19. The summed E-state index contributed by atoms with van der Waals surface area (Å²) in [5.74, 6) is 1.35. The molecule has 1 aliphatic heterocycles. The van der Waals surface area contributed by atoms with E-state index >= 15 is 0 Å². The van der Waals surface area contributed by atoms with Gasteiger partial charge in [0.05, 0.1) is 23.0 Å². The third kappa shape index (κ3) is 2.37. The van der Waals surface area contributed by atoms with E-state index in [1.54, 1.807) is 0 Å². The molecule has 1 atom stereocenters. The van der Waals surface area contributed by atoms with Gasteiger partial charge in [0.2, 0.25) is 5.91 Å². The van der Waals surface area contributed by atoms with E-state index < -0.39 is 0 Å². The lowest BCUT2D eigenvalue weighted by Gasteiger charge is -2.25. The van der Waals surface area contributed by atoms with Crippen molar-refractivity contribution in [1.29, 1.82) is 0 Å². The van der Waals surface area contributed by atoms with Crippen LogP contribution in [0, 0.1) is 0 Å². The van der Waals surface area contributed by atoms with E-state index in [9.17, 15) is 4.79 Å². The molecule has 1 unspecified atom stereocenters. The van der Waals surface area contributed by atoms with Crippen LogP contribution in [0.15, 0.2) is 22.7 Å². The molecule has 1 aromatic carbocycles. The molecule has 1 aromatic heterocycles. The Morgan fingerprint density at radius 3 is 3.05 bits per heavy atom. The number of hydrogen-bond donors (Lipinski definition) is 1. The van der Waals surface area contributed by atoms with Gasteiger partial charge in [-0.2, -0.15) is 0 Å². The number of nitrogens with one attached hydrogen (secondary N) is 1. The van der Waals surface area contributed by atoms with Crippen molar-refractivity contribution in [3.05, 3.63) is 28.5 Å². The minimum atomic E-state index is 0.120. The first kappa shape index (κ1) is 12.9. The van der Waals surface area contributed by atoms with Gasteiger partial charge < -0.3 is 9.88 Å². The van der Waals surface area contributed by atoms with E-state index in [0.717, 1.165) is 27.8 Å². The summed E-state index contributed by atoms with van der Waals surface area (Å²) < 4.78 is 3.18. The van der Waals surface area contributed by atoms with E-state index in [1.165, 1.54) is 0 Å². The number of alkyl halides is 1.